The Hall–Kier alpha value is -1.59. The van der Waals surface area contributed by atoms with Gasteiger partial charge in [-0.25, -0.2) is 0 Å². The molecule has 0 unspecified atom stereocenters. The Morgan fingerprint density at radius 1 is 1.38 bits per heavy atom. The van der Waals surface area contributed by atoms with Crippen molar-refractivity contribution in [3.8, 4) is 0 Å². The monoisotopic (exact) mass is 234 g/mol. The molecule has 84 valence electrons. The van der Waals surface area contributed by atoms with Crippen LogP contribution in [0.4, 0.5) is 5.69 Å². The predicted octanol–water partition coefficient (Wildman–Crippen LogP) is 1.18. The lowest BCUT2D eigenvalue weighted by atomic mass is 10.2. The molecule has 1 heterocycles. The average Bonchev–Trinajstić information content (AvgIpc) is 2.73. The van der Waals surface area contributed by atoms with Gasteiger partial charge in [0, 0.05) is 30.2 Å². The lowest BCUT2D eigenvalue weighted by Gasteiger charge is -2.22. The van der Waals surface area contributed by atoms with Gasteiger partial charge in [0.15, 0.2) is 5.11 Å². The van der Waals surface area contributed by atoms with Gasteiger partial charge in [-0.15, -0.1) is 0 Å². The van der Waals surface area contributed by atoms with Crippen molar-refractivity contribution >= 4 is 33.9 Å². The third-order valence-electron chi connectivity index (χ3n) is 2.48. The first-order valence-corrected chi connectivity index (χ1v) is 5.48. The molecule has 0 aliphatic carbocycles. The standard InChI is InChI=1S/C11H14N4S/c12-5-7-15(11(13)16)10-3-1-2-9-8(10)4-6-14-9/h1-4,6,14H,5,7,12H2,(H2,13,16). The maximum atomic E-state index is 5.71. The fraction of sp³-hybridized carbons (Fsp3) is 0.182. The van der Waals surface area contributed by atoms with Crippen molar-refractivity contribution in [1.82, 2.24) is 4.98 Å². The van der Waals surface area contributed by atoms with Crippen LogP contribution in [0.1, 0.15) is 0 Å². The summed E-state index contributed by atoms with van der Waals surface area (Å²) in [6, 6.07) is 7.98. The number of anilines is 1. The highest BCUT2D eigenvalue weighted by Gasteiger charge is 2.11. The predicted molar refractivity (Wildman–Crippen MR) is 71.5 cm³/mol. The molecule has 2 aromatic rings. The van der Waals surface area contributed by atoms with Crippen LogP contribution in [0.3, 0.4) is 0 Å². The fourth-order valence-electron chi connectivity index (χ4n) is 1.78. The molecule has 0 aliphatic heterocycles. The molecule has 4 nitrogen and oxygen atoms in total. The van der Waals surface area contributed by atoms with Crippen molar-refractivity contribution in [2.75, 3.05) is 18.0 Å². The third kappa shape index (κ3) is 1.87. The summed E-state index contributed by atoms with van der Waals surface area (Å²) in [6.07, 6.45) is 1.90. The molecule has 16 heavy (non-hydrogen) atoms. The highest BCUT2D eigenvalue weighted by molar-refractivity contribution is 7.80. The number of aromatic nitrogens is 1. The molecule has 2 rings (SSSR count). The number of hydrogen-bond acceptors (Lipinski definition) is 2. The first kappa shape index (κ1) is 10.9. The Kier molecular flexibility index (Phi) is 3.07. The number of aromatic amines is 1. The smallest absolute Gasteiger partial charge is 0.170 e. The molecule has 0 saturated carbocycles. The summed E-state index contributed by atoms with van der Waals surface area (Å²) >= 11 is 5.04. The zero-order chi connectivity index (χ0) is 11.5. The minimum atomic E-state index is 0.346. The van der Waals surface area contributed by atoms with E-state index in [1.165, 1.54) is 0 Å². The number of thiocarbonyl (C=S) groups is 1. The summed E-state index contributed by atoms with van der Waals surface area (Å²) in [7, 11) is 0. The number of nitrogens with one attached hydrogen (secondary N) is 1. The largest absolute Gasteiger partial charge is 0.376 e. The fourth-order valence-corrected chi connectivity index (χ4v) is 1.97. The molecule has 0 aliphatic rings. The van der Waals surface area contributed by atoms with Crippen molar-refractivity contribution in [3.05, 3.63) is 30.5 Å². The van der Waals surface area contributed by atoms with E-state index in [1.54, 1.807) is 0 Å². The van der Waals surface area contributed by atoms with E-state index < -0.39 is 0 Å². The molecule has 1 aromatic heterocycles. The van der Waals surface area contributed by atoms with Crippen molar-refractivity contribution < 1.29 is 0 Å². The number of nitrogens with zero attached hydrogens (tertiary/aromatic N) is 1. The first-order valence-electron chi connectivity index (χ1n) is 5.07. The highest BCUT2D eigenvalue weighted by atomic mass is 32.1. The maximum absolute atomic E-state index is 5.71. The molecular formula is C11H14N4S. The molecule has 0 spiro atoms. The van der Waals surface area contributed by atoms with Crippen molar-refractivity contribution in [2.45, 2.75) is 0 Å². The second kappa shape index (κ2) is 4.51. The van der Waals surface area contributed by atoms with Crippen LogP contribution in [-0.4, -0.2) is 23.2 Å². The minimum Gasteiger partial charge on any atom is -0.376 e. The van der Waals surface area contributed by atoms with Crippen molar-refractivity contribution in [1.29, 1.82) is 0 Å². The van der Waals surface area contributed by atoms with Crippen LogP contribution < -0.4 is 16.4 Å². The van der Waals surface area contributed by atoms with Crippen LogP contribution in [0.2, 0.25) is 0 Å². The van der Waals surface area contributed by atoms with Gasteiger partial charge < -0.3 is 21.4 Å². The van der Waals surface area contributed by atoms with E-state index in [1.807, 2.05) is 35.4 Å². The van der Waals surface area contributed by atoms with Crippen molar-refractivity contribution in [3.63, 3.8) is 0 Å². The molecule has 0 fully saturated rings. The van der Waals surface area contributed by atoms with Crippen LogP contribution in [0.25, 0.3) is 10.9 Å². The van der Waals surface area contributed by atoms with E-state index in [0.29, 0.717) is 18.2 Å². The Morgan fingerprint density at radius 2 is 2.19 bits per heavy atom. The molecule has 1 aromatic carbocycles. The Morgan fingerprint density at radius 3 is 2.88 bits per heavy atom. The van der Waals surface area contributed by atoms with Crippen molar-refractivity contribution in [2.24, 2.45) is 11.5 Å². The van der Waals surface area contributed by atoms with E-state index >= 15 is 0 Å². The highest BCUT2D eigenvalue weighted by Crippen LogP contribution is 2.25. The van der Waals surface area contributed by atoms with E-state index in [2.05, 4.69) is 4.98 Å². The topological polar surface area (TPSA) is 71.1 Å². The number of hydrogen-bond donors (Lipinski definition) is 3. The molecular weight excluding hydrogens is 220 g/mol. The summed E-state index contributed by atoms with van der Waals surface area (Å²) in [5.74, 6) is 0. The van der Waals surface area contributed by atoms with E-state index in [-0.39, 0.29) is 0 Å². The number of nitrogens with two attached hydrogens (primary N) is 2. The lowest BCUT2D eigenvalue weighted by molar-refractivity contribution is 0.947. The lowest BCUT2D eigenvalue weighted by Crippen LogP contribution is -2.39. The van der Waals surface area contributed by atoms with Gasteiger partial charge in [-0.1, -0.05) is 6.07 Å². The van der Waals surface area contributed by atoms with Gasteiger partial charge in [0.05, 0.1) is 5.69 Å². The molecule has 0 atom stereocenters. The van der Waals surface area contributed by atoms with Gasteiger partial charge in [0.1, 0.15) is 0 Å². The van der Waals surface area contributed by atoms with Crippen LogP contribution in [-0.2, 0) is 0 Å². The Bertz CT molecular complexity index is 505. The molecule has 0 saturated heterocycles. The summed E-state index contributed by atoms with van der Waals surface area (Å²) in [4.78, 5) is 5.01. The van der Waals surface area contributed by atoms with Gasteiger partial charge >= 0.3 is 0 Å². The zero-order valence-corrected chi connectivity index (χ0v) is 9.63. The Balaban J connectivity index is 2.51. The summed E-state index contributed by atoms with van der Waals surface area (Å²) < 4.78 is 0. The number of rotatable bonds is 3. The van der Waals surface area contributed by atoms with E-state index in [0.717, 1.165) is 16.6 Å². The number of fused-ring (bicyclic) bond motifs is 1. The maximum Gasteiger partial charge on any atom is 0.170 e. The van der Waals surface area contributed by atoms with Gasteiger partial charge in [-0.2, -0.15) is 0 Å². The first-order chi connectivity index (χ1) is 7.74. The quantitative estimate of drug-likeness (QED) is 0.697. The summed E-state index contributed by atoms with van der Waals surface area (Å²) in [5.41, 5.74) is 13.3. The minimum absolute atomic E-state index is 0.346. The molecule has 5 heteroatoms. The molecule has 0 amide bonds. The van der Waals surface area contributed by atoms with Crippen LogP contribution in [0.15, 0.2) is 30.5 Å². The Labute approximate surface area is 99.2 Å². The van der Waals surface area contributed by atoms with Gasteiger partial charge in [-0.3, -0.25) is 0 Å². The summed E-state index contributed by atoms with van der Waals surface area (Å²) in [6.45, 7) is 1.14. The van der Waals surface area contributed by atoms with Crippen LogP contribution in [0.5, 0.6) is 0 Å². The van der Waals surface area contributed by atoms with Gasteiger partial charge in [-0.05, 0) is 30.4 Å². The summed E-state index contributed by atoms with van der Waals surface area (Å²) in [5, 5.41) is 1.45. The average molecular weight is 234 g/mol. The molecule has 5 N–H and O–H groups in total. The third-order valence-corrected chi connectivity index (χ3v) is 2.70. The van der Waals surface area contributed by atoms with E-state index in [4.69, 9.17) is 23.7 Å². The normalized spacial score (nSPS) is 10.6. The second-order valence-electron chi connectivity index (χ2n) is 3.49. The molecule has 0 radical (unpaired) electrons. The second-order valence-corrected chi connectivity index (χ2v) is 3.91. The SMILES string of the molecule is NCCN(C(N)=S)c1cccc2[nH]ccc12. The van der Waals surface area contributed by atoms with Gasteiger partial charge in [0.2, 0.25) is 0 Å². The number of H-pyrrole nitrogens is 1. The van der Waals surface area contributed by atoms with Crippen LogP contribution in [0, 0.1) is 0 Å². The molecule has 0 bridgehead atoms. The zero-order valence-electron chi connectivity index (χ0n) is 8.81. The van der Waals surface area contributed by atoms with Gasteiger partial charge in [0.25, 0.3) is 0 Å². The number of benzene rings is 1. The van der Waals surface area contributed by atoms with Crippen LogP contribution >= 0.6 is 12.2 Å². The van der Waals surface area contributed by atoms with E-state index in [9.17, 15) is 0 Å².